The van der Waals surface area contributed by atoms with Crippen molar-refractivity contribution in [1.29, 1.82) is 0 Å². The van der Waals surface area contributed by atoms with Gasteiger partial charge in [0.1, 0.15) is 0 Å². The zero-order valence-electron chi connectivity index (χ0n) is 18.4. The molecule has 0 radical (unpaired) electrons. The van der Waals surface area contributed by atoms with E-state index in [0.29, 0.717) is 18.3 Å². The van der Waals surface area contributed by atoms with Crippen LogP contribution in [0.2, 0.25) is 0 Å². The Morgan fingerprint density at radius 1 is 0.794 bits per heavy atom. The van der Waals surface area contributed by atoms with Crippen LogP contribution in [0.1, 0.15) is 28.4 Å². The predicted molar refractivity (Wildman–Crippen MR) is 123 cm³/mol. The van der Waals surface area contributed by atoms with Crippen molar-refractivity contribution in [2.24, 2.45) is 0 Å². The fourth-order valence-electron chi connectivity index (χ4n) is 3.86. The number of alkyl halides is 6. The minimum absolute atomic E-state index is 0.00755. The molecule has 0 aromatic heterocycles. The Morgan fingerprint density at radius 3 is 1.59 bits per heavy atom. The van der Waals surface area contributed by atoms with Crippen LogP contribution in [0, 0.1) is 0 Å². The Labute approximate surface area is 194 Å². The topological polar surface area (TPSA) is 29.1 Å². The molecule has 0 heterocycles. The standard InChI is InChI=1S/C25H22F6NOP/c1-17(16-34(2,21-9-5-3-6-10-21)22-11-7-4-8-12-22)32-23(33)18-13-19(24(26,27)28)15-20(14-18)25(29,30)31/h3-15,17H,16H2,1-2H3/p+1/t17-/m0/s1. The molecule has 0 aliphatic rings. The lowest BCUT2D eigenvalue weighted by atomic mass is 10.0. The minimum atomic E-state index is -5.02. The number of rotatable bonds is 6. The van der Waals surface area contributed by atoms with Gasteiger partial charge in [0.15, 0.2) is 0 Å². The average molecular weight is 498 g/mol. The van der Waals surface area contributed by atoms with E-state index in [-0.39, 0.29) is 6.07 Å². The van der Waals surface area contributed by atoms with E-state index in [0.717, 1.165) is 10.6 Å². The highest BCUT2D eigenvalue weighted by Gasteiger charge is 2.40. The third-order valence-corrected chi connectivity index (χ3v) is 9.67. The maximum atomic E-state index is 13.2. The van der Waals surface area contributed by atoms with Gasteiger partial charge in [0.25, 0.3) is 5.91 Å². The fourth-order valence-corrected chi connectivity index (χ4v) is 7.43. The zero-order valence-corrected chi connectivity index (χ0v) is 19.3. The van der Waals surface area contributed by atoms with Crippen LogP contribution in [0.25, 0.3) is 0 Å². The van der Waals surface area contributed by atoms with Crippen LogP contribution < -0.4 is 15.9 Å². The van der Waals surface area contributed by atoms with E-state index >= 15 is 0 Å². The van der Waals surface area contributed by atoms with Crippen molar-refractivity contribution in [2.45, 2.75) is 25.3 Å². The highest BCUT2D eigenvalue weighted by atomic mass is 31.2. The zero-order chi connectivity index (χ0) is 25.1. The summed E-state index contributed by atoms with van der Waals surface area (Å²) >= 11 is 0. The molecular weight excluding hydrogens is 475 g/mol. The Balaban J connectivity index is 1.90. The van der Waals surface area contributed by atoms with Gasteiger partial charge in [-0.3, -0.25) is 4.79 Å². The summed E-state index contributed by atoms with van der Waals surface area (Å²) in [5, 5.41) is 4.74. The van der Waals surface area contributed by atoms with Crippen LogP contribution in [0.3, 0.4) is 0 Å². The molecule has 0 aliphatic carbocycles. The average Bonchev–Trinajstić information content (AvgIpc) is 2.78. The van der Waals surface area contributed by atoms with Gasteiger partial charge in [-0.05, 0) is 49.4 Å². The molecule has 0 fully saturated rings. The lowest BCUT2D eigenvalue weighted by molar-refractivity contribution is -0.143. The largest absolute Gasteiger partial charge is 0.416 e. The number of carbonyl (C=O) groups excluding carboxylic acids is 1. The number of benzene rings is 3. The summed E-state index contributed by atoms with van der Waals surface area (Å²) in [5.74, 6) is -0.989. The van der Waals surface area contributed by atoms with Gasteiger partial charge in [0.2, 0.25) is 0 Å². The van der Waals surface area contributed by atoms with Gasteiger partial charge in [0.05, 0.1) is 47.9 Å². The predicted octanol–water partition coefficient (Wildman–Crippen LogP) is 6.14. The van der Waals surface area contributed by atoms with E-state index in [9.17, 15) is 31.1 Å². The molecule has 0 spiro atoms. The minimum Gasteiger partial charge on any atom is -0.346 e. The second-order valence-electron chi connectivity index (χ2n) is 8.21. The highest BCUT2D eigenvalue weighted by molar-refractivity contribution is 7.89. The summed E-state index contributed by atoms with van der Waals surface area (Å²) in [6.45, 7) is 3.78. The second-order valence-corrected chi connectivity index (χ2v) is 12.0. The highest BCUT2D eigenvalue weighted by Crippen LogP contribution is 2.53. The smallest absolute Gasteiger partial charge is 0.346 e. The van der Waals surface area contributed by atoms with E-state index in [4.69, 9.17) is 0 Å². The first kappa shape index (κ1) is 25.8. The van der Waals surface area contributed by atoms with Crippen LogP contribution in [0.15, 0.2) is 78.9 Å². The second kappa shape index (κ2) is 9.79. The van der Waals surface area contributed by atoms with Crippen LogP contribution >= 0.6 is 7.26 Å². The van der Waals surface area contributed by atoms with Gasteiger partial charge in [-0.15, -0.1) is 0 Å². The number of hydrogen-bond donors (Lipinski definition) is 1. The van der Waals surface area contributed by atoms with Gasteiger partial charge >= 0.3 is 12.4 Å². The Bertz CT molecular complexity index is 1060. The number of hydrogen-bond acceptors (Lipinski definition) is 1. The first-order valence-corrected chi connectivity index (χ1v) is 12.8. The lowest BCUT2D eigenvalue weighted by Gasteiger charge is -2.26. The molecular formula is C25H23F6NOP+. The Morgan fingerprint density at radius 2 is 1.21 bits per heavy atom. The molecule has 3 rings (SSSR count). The van der Waals surface area contributed by atoms with Gasteiger partial charge in [-0.1, -0.05) is 36.4 Å². The number of nitrogens with one attached hydrogen (secondary N) is 1. The van der Waals surface area contributed by atoms with Crippen molar-refractivity contribution in [3.05, 3.63) is 95.6 Å². The molecule has 1 amide bonds. The molecule has 0 unspecified atom stereocenters. The van der Waals surface area contributed by atoms with E-state index in [1.54, 1.807) is 6.92 Å². The Hall–Kier alpha value is -2.86. The molecule has 1 N–H and O–H groups in total. The number of halogens is 6. The molecule has 3 aromatic rings. The van der Waals surface area contributed by atoms with Gasteiger partial charge in [0, 0.05) is 5.56 Å². The maximum absolute atomic E-state index is 13.2. The maximum Gasteiger partial charge on any atom is 0.416 e. The van der Waals surface area contributed by atoms with Crippen LogP contribution in [-0.4, -0.2) is 24.8 Å². The van der Waals surface area contributed by atoms with Crippen molar-refractivity contribution in [1.82, 2.24) is 5.32 Å². The van der Waals surface area contributed by atoms with Crippen LogP contribution in [0.4, 0.5) is 26.3 Å². The molecule has 34 heavy (non-hydrogen) atoms. The fraction of sp³-hybridized carbons (Fsp3) is 0.240. The first-order valence-electron chi connectivity index (χ1n) is 10.4. The molecule has 0 bridgehead atoms. The van der Waals surface area contributed by atoms with E-state index in [1.807, 2.05) is 60.7 Å². The van der Waals surface area contributed by atoms with Crippen molar-refractivity contribution >= 4 is 23.8 Å². The van der Waals surface area contributed by atoms with Gasteiger partial charge < -0.3 is 5.32 Å². The normalized spacial score (nSPS) is 13.4. The molecule has 180 valence electrons. The summed E-state index contributed by atoms with van der Waals surface area (Å²) < 4.78 is 79.0. The third-order valence-electron chi connectivity index (χ3n) is 5.52. The first-order chi connectivity index (χ1) is 15.8. The summed E-state index contributed by atoms with van der Waals surface area (Å²) in [5.41, 5.74) is -3.73. The molecule has 2 nitrogen and oxygen atoms in total. The summed E-state index contributed by atoms with van der Waals surface area (Å²) in [7, 11) is -2.02. The van der Waals surface area contributed by atoms with Crippen molar-refractivity contribution in [2.75, 3.05) is 12.8 Å². The van der Waals surface area contributed by atoms with Gasteiger partial charge in [-0.25, -0.2) is 0 Å². The van der Waals surface area contributed by atoms with Crippen molar-refractivity contribution in [3.63, 3.8) is 0 Å². The van der Waals surface area contributed by atoms with Crippen molar-refractivity contribution < 1.29 is 31.1 Å². The number of carbonyl (C=O) groups is 1. The van der Waals surface area contributed by atoms with E-state index < -0.39 is 48.3 Å². The van der Waals surface area contributed by atoms with E-state index in [2.05, 4.69) is 12.0 Å². The van der Waals surface area contributed by atoms with Crippen LogP contribution in [0.5, 0.6) is 0 Å². The third kappa shape index (κ3) is 5.98. The summed E-state index contributed by atoms with van der Waals surface area (Å²) in [4.78, 5) is 12.7. The van der Waals surface area contributed by atoms with Gasteiger partial charge in [-0.2, -0.15) is 26.3 Å². The molecule has 1 atom stereocenters. The van der Waals surface area contributed by atoms with E-state index in [1.165, 1.54) is 0 Å². The SMILES string of the molecule is C[C@@H](C[P+](C)(c1ccccc1)c1ccccc1)NC(=O)c1cc(C(F)(F)F)cc(C(F)(F)F)c1. The molecule has 0 saturated carbocycles. The molecule has 9 heteroatoms. The number of amides is 1. The summed E-state index contributed by atoms with van der Waals surface area (Å²) in [6.07, 6.45) is -9.57. The molecule has 3 aromatic carbocycles. The molecule has 0 saturated heterocycles. The summed E-state index contributed by atoms with van der Waals surface area (Å²) in [6, 6.07) is 19.7. The lowest BCUT2D eigenvalue weighted by Crippen LogP contribution is -2.39. The monoisotopic (exact) mass is 498 g/mol. The van der Waals surface area contributed by atoms with Crippen LogP contribution in [-0.2, 0) is 12.4 Å². The Kier molecular flexibility index (Phi) is 7.41. The molecule has 0 aliphatic heterocycles. The quantitative estimate of drug-likeness (QED) is 0.321. The van der Waals surface area contributed by atoms with Crippen molar-refractivity contribution in [3.8, 4) is 0 Å².